The summed E-state index contributed by atoms with van der Waals surface area (Å²) >= 11 is 0. The molecule has 1 aliphatic heterocycles. The molecule has 0 radical (unpaired) electrons. The number of aryl methyl sites for hydroxylation is 2. The summed E-state index contributed by atoms with van der Waals surface area (Å²) in [4.78, 5) is 0. The number of rotatable bonds is 1. The van der Waals surface area contributed by atoms with E-state index in [1.807, 2.05) is 0 Å². The lowest BCUT2D eigenvalue weighted by Crippen LogP contribution is -2.46. The quantitative estimate of drug-likeness (QED) is 0.498. The molecule has 4 rings (SSSR count). The van der Waals surface area contributed by atoms with Crippen LogP contribution in [0.1, 0.15) is 27.8 Å². The Labute approximate surface area is 150 Å². The fourth-order valence-electron chi connectivity index (χ4n) is 3.78. The Kier molecular flexibility index (Phi) is 3.62. The van der Waals surface area contributed by atoms with Gasteiger partial charge in [-0.3, -0.25) is 0 Å². The molecule has 0 aliphatic carbocycles. The van der Waals surface area contributed by atoms with Crippen molar-refractivity contribution >= 4 is 0 Å². The number of benzene rings is 3. The summed E-state index contributed by atoms with van der Waals surface area (Å²) in [6.45, 7) is 3.58. The number of fused-ring (bicyclic) bond motifs is 2. The second-order valence-electron chi connectivity index (χ2n) is 6.72. The third-order valence-electron chi connectivity index (χ3n) is 4.93. The molecule has 0 spiro atoms. The van der Waals surface area contributed by atoms with E-state index in [9.17, 15) is 13.2 Å². The van der Waals surface area contributed by atoms with Gasteiger partial charge in [-0.1, -0.05) is 65.7 Å². The minimum Gasteiger partial charge on any atom is -0.457 e. The van der Waals surface area contributed by atoms with Crippen LogP contribution in [0.2, 0.25) is 0 Å². The molecule has 0 amide bonds. The Hall–Kier alpha value is -2.75. The third kappa shape index (κ3) is 2.25. The van der Waals surface area contributed by atoms with Crippen molar-refractivity contribution < 1.29 is 17.9 Å². The number of ether oxygens (including phenoxy) is 1. The van der Waals surface area contributed by atoms with Crippen molar-refractivity contribution in [3.8, 4) is 11.5 Å². The Morgan fingerprint density at radius 2 is 1.23 bits per heavy atom. The third-order valence-corrected chi connectivity index (χ3v) is 4.93. The van der Waals surface area contributed by atoms with Crippen LogP contribution in [0.25, 0.3) is 0 Å². The molecule has 0 N–H and O–H groups in total. The van der Waals surface area contributed by atoms with Crippen molar-refractivity contribution in [1.29, 1.82) is 0 Å². The molecule has 0 saturated carbocycles. The van der Waals surface area contributed by atoms with Crippen molar-refractivity contribution in [3.63, 3.8) is 0 Å². The Balaban J connectivity index is 2.20. The summed E-state index contributed by atoms with van der Waals surface area (Å²) < 4.78 is 50.4. The first-order chi connectivity index (χ1) is 12.3. The van der Waals surface area contributed by atoms with Crippen LogP contribution in [0.4, 0.5) is 13.2 Å². The summed E-state index contributed by atoms with van der Waals surface area (Å²) in [5.74, 6) is 0.487. The highest BCUT2D eigenvalue weighted by atomic mass is 19.4. The van der Waals surface area contributed by atoms with Gasteiger partial charge in [-0.15, -0.1) is 0 Å². The van der Waals surface area contributed by atoms with Gasteiger partial charge in [0.2, 0.25) is 0 Å². The maximum absolute atomic E-state index is 14.8. The molecule has 0 saturated heterocycles. The first-order valence-corrected chi connectivity index (χ1v) is 8.36. The molecule has 0 unspecified atom stereocenters. The molecule has 1 aliphatic rings. The van der Waals surface area contributed by atoms with E-state index in [0.717, 1.165) is 11.1 Å². The minimum absolute atomic E-state index is 0.134. The van der Waals surface area contributed by atoms with Crippen LogP contribution in [0.5, 0.6) is 11.5 Å². The van der Waals surface area contributed by atoms with Gasteiger partial charge in [0.25, 0.3) is 0 Å². The summed E-state index contributed by atoms with van der Waals surface area (Å²) in [6, 6.07) is 18.0. The van der Waals surface area contributed by atoms with Crippen molar-refractivity contribution in [3.05, 3.63) is 94.5 Å². The molecule has 26 heavy (non-hydrogen) atoms. The van der Waals surface area contributed by atoms with E-state index in [-0.39, 0.29) is 28.2 Å². The molecular formula is C22H17F3O. The molecule has 3 aromatic carbocycles. The number of hydrogen-bond donors (Lipinski definition) is 0. The van der Waals surface area contributed by atoms with Gasteiger partial charge in [0, 0.05) is 11.1 Å². The number of alkyl halides is 3. The van der Waals surface area contributed by atoms with Gasteiger partial charge < -0.3 is 4.74 Å². The Morgan fingerprint density at radius 3 is 1.69 bits per heavy atom. The van der Waals surface area contributed by atoms with Gasteiger partial charge in [-0.25, -0.2) is 0 Å². The van der Waals surface area contributed by atoms with Gasteiger partial charge in [0.05, 0.1) is 0 Å². The zero-order valence-corrected chi connectivity index (χ0v) is 14.4. The first kappa shape index (κ1) is 16.7. The van der Waals surface area contributed by atoms with E-state index in [0.29, 0.717) is 0 Å². The summed E-state index contributed by atoms with van der Waals surface area (Å²) in [7, 11) is 0. The maximum Gasteiger partial charge on any atom is 0.406 e. The van der Waals surface area contributed by atoms with Gasteiger partial charge in [0.15, 0.2) is 0 Å². The van der Waals surface area contributed by atoms with Crippen LogP contribution in [-0.4, -0.2) is 6.18 Å². The fraction of sp³-hybridized carbons (Fsp3) is 0.182. The van der Waals surface area contributed by atoms with Crippen LogP contribution in [0.3, 0.4) is 0 Å². The molecule has 0 bridgehead atoms. The Morgan fingerprint density at radius 1 is 0.731 bits per heavy atom. The summed E-state index contributed by atoms with van der Waals surface area (Å²) in [5, 5.41) is 0. The Bertz CT molecular complexity index is 923. The normalized spacial score (nSPS) is 15.0. The maximum atomic E-state index is 14.8. The molecular weight excluding hydrogens is 337 g/mol. The smallest absolute Gasteiger partial charge is 0.406 e. The highest BCUT2D eigenvalue weighted by Gasteiger charge is 2.62. The topological polar surface area (TPSA) is 9.23 Å². The lowest BCUT2D eigenvalue weighted by molar-refractivity contribution is -0.168. The molecule has 3 aromatic rings. The van der Waals surface area contributed by atoms with Crippen LogP contribution in [-0.2, 0) is 5.41 Å². The fourth-order valence-corrected chi connectivity index (χ4v) is 3.78. The SMILES string of the molecule is Cc1ccc2c(c1)C(c1ccccc1)(C(F)(F)F)c1cc(C)ccc1O2. The molecule has 4 heteroatoms. The summed E-state index contributed by atoms with van der Waals surface area (Å²) in [6.07, 6.45) is -4.54. The monoisotopic (exact) mass is 354 g/mol. The van der Waals surface area contributed by atoms with Gasteiger partial charge in [0.1, 0.15) is 16.9 Å². The second kappa shape index (κ2) is 5.63. The molecule has 0 aromatic heterocycles. The minimum atomic E-state index is -4.54. The van der Waals surface area contributed by atoms with Gasteiger partial charge in [-0.2, -0.15) is 13.2 Å². The lowest BCUT2D eigenvalue weighted by atomic mass is 9.66. The molecule has 0 atom stereocenters. The van der Waals surface area contributed by atoms with Crippen molar-refractivity contribution in [2.75, 3.05) is 0 Å². The van der Waals surface area contributed by atoms with Crippen LogP contribution >= 0.6 is 0 Å². The summed E-state index contributed by atoms with van der Waals surface area (Å²) in [5.41, 5.74) is -0.297. The molecule has 1 heterocycles. The first-order valence-electron chi connectivity index (χ1n) is 8.36. The zero-order chi connectivity index (χ0) is 18.5. The molecule has 0 fully saturated rings. The van der Waals surface area contributed by atoms with Crippen LogP contribution in [0, 0.1) is 13.8 Å². The van der Waals surface area contributed by atoms with Crippen molar-refractivity contribution in [2.45, 2.75) is 25.4 Å². The second-order valence-corrected chi connectivity index (χ2v) is 6.72. The largest absolute Gasteiger partial charge is 0.457 e. The van der Waals surface area contributed by atoms with E-state index >= 15 is 0 Å². The van der Waals surface area contributed by atoms with Gasteiger partial charge in [-0.05, 0) is 31.5 Å². The van der Waals surface area contributed by atoms with Gasteiger partial charge >= 0.3 is 6.18 Å². The van der Waals surface area contributed by atoms with E-state index in [4.69, 9.17) is 4.74 Å². The van der Waals surface area contributed by atoms with Crippen LogP contribution in [0.15, 0.2) is 66.7 Å². The highest BCUT2D eigenvalue weighted by Crippen LogP contribution is 2.59. The van der Waals surface area contributed by atoms with Crippen molar-refractivity contribution in [2.24, 2.45) is 0 Å². The molecule has 1 nitrogen and oxygen atoms in total. The molecule has 132 valence electrons. The standard InChI is InChI=1S/C22H17F3O/c1-14-8-10-19-17(12-14)21(22(23,24)25,16-6-4-3-5-7-16)18-13-15(2)9-11-20(18)26-19/h3-13H,1-2H3. The van der Waals surface area contributed by atoms with E-state index < -0.39 is 11.6 Å². The van der Waals surface area contributed by atoms with Crippen molar-refractivity contribution in [1.82, 2.24) is 0 Å². The van der Waals surface area contributed by atoms with E-state index in [1.165, 1.54) is 12.1 Å². The average Bonchev–Trinajstić information content (AvgIpc) is 2.60. The number of halogens is 3. The lowest BCUT2D eigenvalue weighted by Gasteiger charge is -2.42. The predicted octanol–water partition coefficient (Wildman–Crippen LogP) is 6.31. The highest BCUT2D eigenvalue weighted by molar-refractivity contribution is 5.65. The average molecular weight is 354 g/mol. The zero-order valence-electron chi connectivity index (χ0n) is 14.4. The van der Waals surface area contributed by atoms with Crippen LogP contribution < -0.4 is 4.74 Å². The van der Waals surface area contributed by atoms with E-state index in [1.54, 1.807) is 68.4 Å². The number of hydrogen-bond acceptors (Lipinski definition) is 1. The predicted molar refractivity (Wildman–Crippen MR) is 94.8 cm³/mol. The van der Waals surface area contributed by atoms with E-state index in [2.05, 4.69) is 0 Å².